The van der Waals surface area contributed by atoms with Crippen molar-refractivity contribution < 1.29 is 57.9 Å². The lowest BCUT2D eigenvalue weighted by Gasteiger charge is -2.61. The van der Waals surface area contributed by atoms with Crippen molar-refractivity contribution in [1.82, 2.24) is 0 Å². The Bertz CT molecular complexity index is 3100. The summed E-state index contributed by atoms with van der Waals surface area (Å²) in [5.74, 6) is 25.1. The molecule has 35 atom stereocenters. The molecule has 616 valence electrons. The standard InChI is InChI=1S/C23H36O2.C15H26O2.C14H24O2.C12H18O2.C12H22O.C11H18O2.C9H16O/c1-13-14(2)19-8-18(13)9-20(19)21(24)25-22(3,4)23-10-15-5-16(11-23)7-17(6-15)12-23;1-6-15(4,5)17-14(16)13-8-11-7-12(13)10(3)9(11)2;1-8-9(2)11-6-10(8)7-12(11)13(15)16-14(3,4)5;1-7-8(2)10-5-9(7)6-12(10)3-4-14-11(12)13;1-7-8(2)10-5-9(7)6-11(10)12(3,4)13;1-6-7(2)10-4-9(6)5-11(10)13-8(3)12;1-5-6(2)8-3-7(5)4-9(8)10/h13-20H,5-12H2,1-4H3;9-13H,6-8H2,1-5H3;8-12H,6-7H2,1-5H3;7-10H,3-6H2,1-2H3;7-11,13H,5-6H2,1-4H3;6-7,9-11H,4-5H2,1-3H3;5-10H,3-4H2,1-2H3. The fraction of sp³-hybridized carbons (Fsp3) is 0.948. The first-order chi connectivity index (χ1) is 50.3. The number of carbonyl (C=O) groups excluding carboxylic acids is 5. The van der Waals surface area contributed by atoms with Crippen LogP contribution < -0.4 is 0 Å². The van der Waals surface area contributed by atoms with E-state index < -0.39 is 5.60 Å². The number of aliphatic hydroxyl groups is 2. The summed E-state index contributed by atoms with van der Waals surface area (Å²) in [6.07, 6.45) is 27.2. The first kappa shape index (κ1) is 84.7. The van der Waals surface area contributed by atoms with Gasteiger partial charge in [-0.15, -0.1) is 0 Å². The molecule has 0 aromatic carbocycles. The zero-order chi connectivity index (χ0) is 79.0. The fourth-order valence-electron chi connectivity index (χ4n) is 29.9. The lowest BCUT2D eigenvalue weighted by atomic mass is 9.46. The van der Waals surface area contributed by atoms with E-state index in [1.807, 2.05) is 48.5 Å². The average molecular weight is 1510 g/mol. The maximum absolute atomic E-state index is 13.2. The molecule has 18 saturated carbocycles. The van der Waals surface area contributed by atoms with Gasteiger partial charge in [0.2, 0.25) is 0 Å². The SMILES string of the molecule is CC(=O)OC1CC2CC1C(C)C2C.CC1C2CC(C(=O)OC(C)(C)C)C(C2)C1C.CC1C2CC(C(=O)OC(C)(C)C34CC5CC(CC(C5)C3)C4)C(C2)C1C.CC1C2CC(C1C)C(C(C)(C)O)C2.CC1C2CC(C1C)C1(CCOC1=O)C2.CC1C2CC(O)C(C2)C1C.CCC(C)(C)OC(=O)C1CC2CC1C(C)C2C. The third kappa shape index (κ3) is 16.3. The maximum Gasteiger partial charge on any atom is 0.312 e. The monoisotopic (exact) mass is 1510 g/mol. The Hall–Kier alpha value is -2.73. The number of hydrogen-bond donors (Lipinski definition) is 2. The molecule has 1 spiro atoms. The second-order valence-corrected chi connectivity index (χ2v) is 45.2. The molecule has 35 unspecified atom stereocenters. The van der Waals surface area contributed by atoms with Crippen LogP contribution in [0.5, 0.6) is 0 Å². The van der Waals surface area contributed by atoms with Gasteiger partial charge in [0.05, 0.1) is 41.5 Å². The quantitative estimate of drug-likeness (QED) is 0.166. The molecule has 0 radical (unpaired) electrons. The Labute approximate surface area is 657 Å². The van der Waals surface area contributed by atoms with Crippen LogP contribution in [0.1, 0.15) is 314 Å². The number of ether oxygens (including phenoxy) is 5. The third-order valence-electron chi connectivity index (χ3n) is 38.0. The second kappa shape index (κ2) is 31.7. The van der Waals surface area contributed by atoms with E-state index in [-0.39, 0.29) is 87.4 Å². The molecule has 108 heavy (non-hydrogen) atoms. The normalized spacial score (nSPS) is 49.6. The van der Waals surface area contributed by atoms with Crippen LogP contribution >= 0.6 is 0 Å². The summed E-state index contributed by atoms with van der Waals surface area (Å²) in [6.45, 7) is 55.3. The van der Waals surface area contributed by atoms with E-state index in [4.69, 9.17) is 23.7 Å². The lowest BCUT2D eigenvalue weighted by Crippen LogP contribution is -2.57. The van der Waals surface area contributed by atoms with Gasteiger partial charge in [0.1, 0.15) is 22.9 Å². The van der Waals surface area contributed by atoms with Crippen LogP contribution in [0.4, 0.5) is 0 Å². The summed E-state index contributed by atoms with van der Waals surface area (Å²) in [6, 6.07) is 0. The Morgan fingerprint density at radius 2 is 0.806 bits per heavy atom. The highest BCUT2D eigenvalue weighted by Crippen LogP contribution is 2.67. The predicted octanol–water partition coefficient (Wildman–Crippen LogP) is 21.2. The van der Waals surface area contributed by atoms with Crippen LogP contribution in [0, 0.1) is 218 Å². The van der Waals surface area contributed by atoms with Crippen molar-refractivity contribution in [2.75, 3.05) is 6.61 Å². The fourth-order valence-corrected chi connectivity index (χ4v) is 29.9. The van der Waals surface area contributed by atoms with E-state index in [9.17, 15) is 34.2 Å². The Morgan fingerprint density at radius 1 is 0.426 bits per heavy atom. The van der Waals surface area contributed by atoms with Crippen LogP contribution in [0.25, 0.3) is 0 Å². The number of aliphatic hydroxyl groups excluding tert-OH is 1. The number of esters is 5. The van der Waals surface area contributed by atoms with Gasteiger partial charge in [0.25, 0.3) is 0 Å². The molecule has 1 heterocycles. The Kier molecular flexibility index (Phi) is 24.9. The minimum absolute atomic E-state index is 0.0381. The minimum atomic E-state index is -0.451. The van der Waals surface area contributed by atoms with Gasteiger partial charge >= 0.3 is 29.8 Å². The molecule has 18 aliphatic carbocycles. The molecule has 0 aromatic heterocycles. The zero-order valence-corrected chi connectivity index (χ0v) is 73.1. The van der Waals surface area contributed by atoms with Gasteiger partial charge in [-0.3, -0.25) is 24.0 Å². The highest BCUT2D eigenvalue weighted by atomic mass is 16.6. The predicted molar refractivity (Wildman–Crippen MR) is 429 cm³/mol. The van der Waals surface area contributed by atoms with E-state index >= 15 is 0 Å². The first-order valence-electron chi connectivity index (χ1n) is 45.7. The third-order valence-corrected chi connectivity index (χ3v) is 38.0. The average Bonchev–Trinajstić information content (AvgIpc) is 1.53. The van der Waals surface area contributed by atoms with Crippen molar-refractivity contribution in [3.63, 3.8) is 0 Å². The molecule has 19 fully saturated rings. The van der Waals surface area contributed by atoms with Crippen molar-refractivity contribution in [1.29, 1.82) is 0 Å². The summed E-state index contributed by atoms with van der Waals surface area (Å²) in [4.78, 5) is 60.2. The van der Waals surface area contributed by atoms with Crippen LogP contribution in [0.15, 0.2) is 0 Å². The van der Waals surface area contributed by atoms with Gasteiger partial charge in [-0.1, -0.05) is 104 Å². The van der Waals surface area contributed by atoms with Gasteiger partial charge in [-0.2, -0.15) is 0 Å². The van der Waals surface area contributed by atoms with E-state index in [0.717, 1.165) is 182 Å². The highest BCUT2D eigenvalue weighted by molar-refractivity contribution is 5.80. The number of carbonyl (C=O) groups is 5. The lowest BCUT2D eigenvalue weighted by molar-refractivity contribution is -0.204. The van der Waals surface area contributed by atoms with Gasteiger partial charge in [-0.25, -0.2) is 0 Å². The molecule has 19 aliphatic rings. The van der Waals surface area contributed by atoms with Crippen molar-refractivity contribution in [2.24, 2.45) is 218 Å². The molecule has 0 amide bonds. The molecule has 0 aromatic rings. The zero-order valence-electron chi connectivity index (χ0n) is 73.1. The summed E-state index contributed by atoms with van der Waals surface area (Å²) >= 11 is 0. The number of cyclic esters (lactones) is 1. The van der Waals surface area contributed by atoms with Crippen molar-refractivity contribution in [3.8, 4) is 0 Å². The van der Waals surface area contributed by atoms with Gasteiger partial charge in [0.15, 0.2) is 0 Å². The second-order valence-electron chi connectivity index (χ2n) is 45.2. The van der Waals surface area contributed by atoms with Crippen molar-refractivity contribution in [3.05, 3.63) is 0 Å². The molecule has 2 N–H and O–H groups in total. The largest absolute Gasteiger partial charge is 0.465 e. The van der Waals surface area contributed by atoms with Gasteiger partial charge in [-0.05, 0) is 393 Å². The van der Waals surface area contributed by atoms with E-state index in [2.05, 4.69) is 118 Å². The van der Waals surface area contributed by atoms with Crippen LogP contribution in [0.3, 0.4) is 0 Å². The van der Waals surface area contributed by atoms with E-state index in [0.29, 0.717) is 65.8 Å². The Balaban J connectivity index is 0.000000120. The molecule has 12 nitrogen and oxygen atoms in total. The van der Waals surface area contributed by atoms with Crippen molar-refractivity contribution >= 4 is 29.8 Å². The smallest absolute Gasteiger partial charge is 0.312 e. The molecular weight excluding hydrogens is 1350 g/mol. The topological polar surface area (TPSA) is 172 Å². The summed E-state index contributed by atoms with van der Waals surface area (Å²) in [5, 5.41) is 19.6. The number of fused-ring (bicyclic) bond motifs is 15. The van der Waals surface area contributed by atoms with Crippen molar-refractivity contribution in [2.45, 2.75) is 349 Å². The summed E-state index contributed by atoms with van der Waals surface area (Å²) in [5.41, 5.74) is -1.14. The molecule has 19 rings (SSSR count). The molecule has 1 saturated heterocycles. The van der Waals surface area contributed by atoms with Crippen LogP contribution in [-0.4, -0.2) is 81.3 Å². The molecule has 18 bridgehead atoms. The van der Waals surface area contributed by atoms with Crippen LogP contribution in [0.2, 0.25) is 0 Å². The summed E-state index contributed by atoms with van der Waals surface area (Å²) in [7, 11) is 0. The Morgan fingerprint density at radius 3 is 1.14 bits per heavy atom. The highest BCUT2D eigenvalue weighted by Gasteiger charge is 2.65. The van der Waals surface area contributed by atoms with E-state index in [1.54, 1.807) is 0 Å². The molecule has 12 heteroatoms. The first-order valence-corrected chi connectivity index (χ1v) is 45.7. The van der Waals surface area contributed by atoms with Gasteiger partial charge in [0, 0.05) is 12.3 Å². The molecular formula is C96H160O12. The van der Waals surface area contributed by atoms with Gasteiger partial charge < -0.3 is 33.9 Å². The molecule has 1 aliphatic heterocycles. The number of hydrogen-bond acceptors (Lipinski definition) is 12. The van der Waals surface area contributed by atoms with E-state index in [1.165, 1.54) is 96.8 Å². The maximum atomic E-state index is 13.2. The minimum Gasteiger partial charge on any atom is -0.465 e. The summed E-state index contributed by atoms with van der Waals surface area (Å²) < 4.78 is 28.1. The number of rotatable bonds is 9. The van der Waals surface area contributed by atoms with Crippen LogP contribution in [-0.2, 0) is 47.7 Å².